The van der Waals surface area contributed by atoms with Gasteiger partial charge < -0.3 is 13.9 Å². The number of hydrogen-bond donors (Lipinski definition) is 0. The highest BCUT2D eigenvalue weighted by atomic mass is 16.3. The first-order valence-corrected chi connectivity index (χ1v) is 23.6. The van der Waals surface area contributed by atoms with Gasteiger partial charge in [0.1, 0.15) is 11.2 Å². The third-order valence-corrected chi connectivity index (χ3v) is 13.6. The Hall–Kier alpha value is -9.18. The van der Waals surface area contributed by atoms with Crippen LogP contribution in [-0.2, 0) is 0 Å². The van der Waals surface area contributed by atoms with Crippen LogP contribution in [0.3, 0.4) is 0 Å². The number of para-hydroxylation sites is 4. The van der Waals surface area contributed by atoms with E-state index in [0.717, 1.165) is 66.9 Å². The van der Waals surface area contributed by atoms with E-state index < -0.39 is 0 Å². The van der Waals surface area contributed by atoms with Crippen molar-refractivity contribution in [2.75, 3.05) is 4.90 Å². The van der Waals surface area contributed by atoms with Crippen LogP contribution < -0.4 is 4.90 Å². The molecule has 0 N–H and O–H groups in total. The van der Waals surface area contributed by atoms with Crippen LogP contribution in [-0.4, -0.2) is 4.57 Å². The van der Waals surface area contributed by atoms with Crippen molar-refractivity contribution in [1.29, 1.82) is 0 Å². The molecule has 0 saturated carbocycles. The van der Waals surface area contributed by atoms with Crippen molar-refractivity contribution in [2.45, 2.75) is 0 Å². The van der Waals surface area contributed by atoms with Gasteiger partial charge in [-0.3, -0.25) is 0 Å². The first kappa shape index (κ1) is 40.1. The standard InChI is InChI=1S/C66H44N2O/c1-3-17-47(18-4-1)53-21-7-8-22-54(53)55-23-9-10-24-56(55)57-25-11-14-28-62(57)67(52-39-33-46(34-40-52)49-36-42-66-61(44-49)59-27-13-16-30-65(59)69-66)51-37-31-45(32-38-51)48-35-41-64-60(43-48)58-26-12-15-29-63(58)68(64)50-19-5-2-6-20-50/h1-44H. The van der Waals surface area contributed by atoms with Gasteiger partial charge in [-0.25, -0.2) is 0 Å². The first-order chi connectivity index (χ1) is 34.2. The average molecular weight is 881 g/mol. The van der Waals surface area contributed by atoms with Crippen molar-refractivity contribution < 1.29 is 4.42 Å². The number of nitrogens with zero attached hydrogens (tertiary/aromatic N) is 2. The van der Waals surface area contributed by atoms with Crippen LogP contribution in [0.1, 0.15) is 0 Å². The summed E-state index contributed by atoms with van der Waals surface area (Å²) in [4.78, 5) is 2.41. The van der Waals surface area contributed by atoms with Crippen molar-refractivity contribution in [3.05, 3.63) is 267 Å². The van der Waals surface area contributed by atoms with Crippen LogP contribution in [0.2, 0.25) is 0 Å². The molecule has 0 aliphatic rings. The summed E-state index contributed by atoms with van der Waals surface area (Å²) < 4.78 is 8.56. The summed E-state index contributed by atoms with van der Waals surface area (Å²) in [6, 6.07) is 96.2. The van der Waals surface area contributed by atoms with E-state index in [-0.39, 0.29) is 0 Å². The quantitative estimate of drug-likeness (QED) is 0.144. The van der Waals surface area contributed by atoms with Crippen LogP contribution >= 0.6 is 0 Å². The Morgan fingerprint density at radius 3 is 1.43 bits per heavy atom. The molecule has 0 spiro atoms. The first-order valence-electron chi connectivity index (χ1n) is 23.6. The Labute approximate surface area is 401 Å². The molecule has 13 rings (SSSR count). The van der Waals surface area contributed by atoms with Crippen LogP contribution in [0.15, 0.2) is 271 Å². The SMILES string of the molecule is c1ccc(-c2ccccc2-c2ccccc2-c2ccccc2N(c2ccc(-c3ccc4oc5ccccc5c4c3)cc2)c2ccc(-c3ccc4c(c3)c3ccccc3n4-c3ccccc3)cc2)cc1. The van der Waals surface area contributed by atoms with Gasteiger partial charge in [-0.1, -0.05) is 188 Å². The summed E-state index contributed by atoms with van der Waals surface area (Å²) in [5.74, 6) is 0. The molecule has 0 amide bonds. The molecule has 11 aromatic carbocycles. The normalized spacial score (nSPS) is 11.5. The molecular weight excluding hydrogens is 837 g/mol. The highest BCUT2D eigenvalue weighted by Crippen LogP contribution is 2.46. The fourth-order valence-corrected chi connectivity index (χ4v) is 10.4. The van der Waals surface area contributed by atoms with E-state index >= 15 is 0 Å². The van der Waals surface area contributed by atoms with Gasteiger partial charge in [-0.15, -0.1) is 0 Å². The Kier molecular flexibility index (Phi) is 9.84. The summed E-state index contributed by atoms with van der Waals surface area (Å²) >= 11 is 0. The second-order valence-electron chi connectivity index (χ2n) is 17.6. The molecule has 2 heterocycles. The summed E-state index contributed by atoms with van der Waals surface area (Å²) in [5, 5.41) is 4.73. The smallest absolute Gasteiger partial charge is 0.135 e. The minimum absolute atomic E-state index is 0.897. The Bertz CT molecular complexity index is 4000. The molecule has 13 aromatic rings. The van der Waals surface area contributed by atoms with Gasteiger partial charge in [-0.05, 0) is 129 Å². The van der Waals surface area contributed by atoms with Crippen LogP contribution in [0, 0.1) is 0 Å². The lowest BCUT2D eigenvalue weighted by molar-refractivity contribution is 0.669. The van der Waals surface area contributed by atoms with Gasteiger partial charge >= 0.3 is 0 Å². The number of aromatic nitrogens is 1. The molecule has 0 fully saturated rings. The maximum atomic E-state index is 6.19. The van der Waals surface area contributed by atoms with Crippen LogP contribution in [0.25, 0.3) is 105 Å². The van der Waals surface area contributed by atoms with E-state index in [1.54, 1.807) is 0 Å². The van der Waals surface area contributed by atoms with Gasteiger partial charge in [-0.2, -0.15) is 0 Å². The zero-order valence-corrected chi connectivity index (χ0v) is 37.7. The van der Waals surface area contributed by atoms with Crippen molar-refractivity contribution in [3.8, 4) is 61.3 Å². The fourth-order valence-electron chi connectivity index (χ4n) is 10.4. The molecule has 0 bridgehead atoms. The maximum Gasteiger partial charge on any atom is 0.135 e. The summed E-state index contributed by atoms with van der Waals surface area (Å²) in [6.07, 6.45) is 0. The second-order valence-corrected chi connectivity index (χ2v) is 17.6. The summed E-state index contributed by atoms with van der Waals surface area (Å²) in [5.41, 5.74) is 20.3. The summed E-state index contributed by atoms with van der Waals surface area (Å²) in [7, 11) is 0. The number of anilines is 3. The van der Waals surface area contributed by atoms with E-state index in [4.69, 9.17) is 4.42 Å². The molecule has 0 aliphatic heterocycles. The van der Waals surface area contributed by atoms with E-state index in [2.05, 4.69) is 264 Å². The monoisotopic (exact) mass is 880 g/mol. The predicted octanol–water partition coefficient (Wildman–Crippen LogP) is 18.5. The van der Waals surface area contributed by atoms with Gasteiger partial charge in [0.2, 0.25) is 0 Å². The van der Waals surface area contributed by atoms with Crippen molar-refractivity contribution >= 4 is 60.8 Å². The molecule has 3 nitrogen and oxygen atoms in total. The lowest BCUT2D eigenvalue weighted by Crippen LogP contribution is -2.11. The molecule has 69 heavy (non-hydrogen) atoms. The van der Waals surface area contributed by atoms with E-state index in [9.17, 15) is 0 Å². The third-order valence-electron chi connectivity index (χ3n) is 13.6. The molecule has 0 saturated heterocycles. The van der Waals surface area contributed by atoms with E-state index in [1.165, 1.54) is 55.2 Å². The van der Waals surface area contributed by atoms with Gasteiger partial charge in [0.05, 0.1) is 16.7 Å². The molecular formula is C66H44N2O. The number of benzene rings is 11. The van der Waals surface area contributed by atoms with Gasteiger partial charge in [0, 0.05) is 44.2 Å². The topological polar surface area (TPSA) is 21.3 Å². The molecule has 0 atom stereocenters. The number of rotatable bonds is 9. The average Bonchev–Trinajstić information content (AvgIpc) is 3.97. The zero-order chi connectivity index (χ0) is 45.7. The maximum absolute atomic E-state index is 6.19. The fraction of sp³-hybridized carbons (Fsp3) is 0. The highest BCUT2D eigenvalue weighted by Gasteiger charge is 2.21. The minimum atomic E-state index is 0.897. The Morgan fingerprint density at radius 1 is 0.275 bits per heavy atom. The van der Waals surface area contributed by atoms with Crippen molar-refractivity contribution in [3.63, 3.8) is 0 Å². The van der Waals surface area contributed by atoms with Crippen LogP contribution in [0.5, 0.6) is 0 Å². The molecule has 324 valence electrons. The highest BCUT2D eigenvalue weighted by molar-refractivity contribution is 6.11. The Morgan fingerprint density at radius 2 is 0.739 bits per heavy atom. The Balaban J connectivity index is 0.939. The second kappa shape index (κ2) is 16.9. The third kappa shape index (κ3) is 7.08. The predicted molar refractivity (Wildman–Crippen MR) is 290 cm³/mol. The largest absolute Gasteiger partial charge is 0.456 e. The van der Waals surface area contributed by atoms with E-state index in [1.807, 2.05) is 12.1 Å². The summed E-state index contributed by atoms with van der Waals surface area (Å²) in [6.45, 7) is 0. The minimum Gasteiger partial charge on any atom is -0.456 e. The number of fused-ring (bicyclic) bond motifs is 6. The van der Waals surface area contributed by atoms with Crippen LogP contribution in [0.4, 0.5) is 17.1 Å². The molecule has 0 unspecified atom stereocenters. The molecule has 3 heteroatoms. The number of furan rings is 1. The lowest BCUT2D eigenvalue weighted by Gasteiger charge is -2.29. The van der Waals surface area contributed by atoms with Crippen molar-refractivity contribution in [1.82, 2.24) is 4.57 Å². The van der Waals surface area contributed by atoms with E-state index in [0.29, 0.717) is 0 Å². The van der Waals surface area contributed by atoms with Gasteiger partial charge in [0.15, 0.2) is 0 Å². The molecule has 0 radical (unpaired) electrons. The van der Waals surface area contributed by atoms with Gasteiger partial charge in [0.25, 0.3) is 0 Å². The lowest BCUT2D eigenvalue weighted by atomic mass is 9.88. The number of hydrogen-bond acceptors (Lipinski definition) is 2. The zero-order valence-electron chi connectivity index (χ0n) is 37.7. The van der Waals surface area contributed by atoms with Crippen molar-refractivity contribution in [2.24, 2.45) is 0 Å². The molecule has 0 aliphatic carbocycles. The molecule has 2 aromatic heterocycles.